The molecule has 0 saturated heterocycles. The maximum absolute atomic E-state index is 13.4. The van der Waals surface area contributed by atoms with Crippen LogP contribution in [0.25, 0.3) is 0 Å². The highest BCUT2D eigenvalue weighted by atomic mass is 32.2. The van der Waals surface area contributed by atoms with Crippen molar-refractivity contribution in [2.24, 2.45) is 0 Å². The van der Waals surface area contributed by atoms with Crippen LogP contribution in [-0.2, 0) is 6.54 Å². The third kappa shape index (κ3) is 2.88. The van der Waals surface area contributed by atoms with Crippen molar-refractivity contribution in [1.29, 1.82) is 5.26 Å². The number of halogens is 1. The van der Waals surface area contributed by atoms with Crippen LogP contribution in [0.15, 0.2) is 35.2 Å². The molecule has 1 N–H and O–H groups in total. The van der Waals surface area contributed by atoms with Gasteiger partial charge in [-0.25, -0.2) is 4.39 Å². The first-order valence-electron chi connectivity index (χ1n) is 6.41. The molecule has 5 heteroatoms. The molecular formula is C15H13FN2S2. The number of hydrogen-bond acceptors (Lipinski definition) is 4. The van der Waals surface area contributed by atoms with E-state index in [9.17, 15) is 4.39 Å². The van der Waals surface area contributed by atoms with Gasteiger partial charge in [-0.05, 0) is 48.1 Å². The minimum absolute atomic E-state index is 0.180. The Labute approximate surface area is 125 Å². The van der Waals surface area contributed by atoms with Gasteiger partial charge >= 0.3 is 0 Å². The number of thioether (sulfide) groups is 1. The molecule has 0 bridgehead atoms. The molecule has 0 radical (unpaired) electrons. The fraction of sp³-hybridized carbons (Fsp3) is 0.267. The normalized spacial score (nSPS) is 17.5. The SMILES string of the molecule is N#Cc1ccc(CNC2CCSc3ccc(F)cc32)s1. The molecule has 2 heterocycles. The molecule has 102 valence electrons. The van der Waals surface area contributed by atoms with Gasteiger partial charge in [-0.2, -0.15) is 5.26 Å². The lowest BCUT2D eigenvalue weighted by molar-refractivity contribution is 0.507. The van der Waals surface area contributed by atoms with E-state index in [4.69, 9.17) is 5.26 Å². The standard InChI is InChI=1S/C15H13FN2S2/c16-10-1-4-15-13(7-10)14(5-6-19-15)18-9-12-3-2-11(8-17)20-12/h1-4,7,14,18H,5-6,9H2. The molecule has 0 aliphatic carbocycles. The van der Waals surface area contributed by atoms with E-state index in [-0.39, 0.29) is 11.9 Å². The summed E-state index contributed by atoms with van der Waals surface area (Å²) in [6.45, 7) is 0.720. The highest BCUT2D eigenvalue weighted by molar-refractivity contribution is 7.99. The summed E-state index contributed by atoms with van der Waals surface area (Å²) < 4.78 is 13.4. The zero-order valence-electron chi connectivity index (χ0n) is 10.7. The highest BCUT2D eigenvalue weighted by Gasteiger charge is 2.20. The van der Waals surface area contributed by atoms with Crippen LogP contribution >= 0.6 is 23.1 Å². The second kappa shape index (κ2) is 5.96. The topological polar surface area (TPSA) is 35.8 Å². The van der Waals surface area contributed by atoms with Gasteiger partial charge in [0.2, 0.25) is 0 Å². The zero-order valence-corrected chi connectivity index (χ0v) is 12.4. The van der Waals surface area contributed by atoms with Crippen molar-refractivity contribution in [3.05, 3.63) is 51.5 Å². The zero-order chi connectivity index (χ0) is 13.9. The molecule has 1 atom stereocenters. The second-order valence-electron chi connectivity index (χ2n) is 4.63. The van der Waals surface area contributed by atoms with E-state index in [1.165, 1.54) is 22.3 Å². The first-order chi connectivity index (χ1) is 9.76. The number of nitrogens with zero attached hydrogens (tertiary/aromatic N) is 1. The van der Waals surface area contributed by atoms with E-state index >= 15 is 0 Å². The van der Waals surface area contributed by atoms with Gasteiger partial charge < -0.3 is 5.32 Å². The molecule has 1 aromatic carbocycles. The van der Waals surface area contributed by atoms with Crippen LogP contribution in [0.5, 0.6) is 0 Å². The minimum Gasteiger partial charge on any atom is -0.305 e. The molecule has 1 aliphatic heterocycles. The maximum atomic E-state index is 13.4. The predicted octanol–water partition coefficient (Wildman–Crippen LogP) is 4.09. The molecule has 3 rings (SSSR count). The van der Waals surface area contributed by atoms with Crippen molar-refractivity contribution in [1.82, 2.24) is 5.32 Å². The molecule has 1 unspecified atom stereocenters. The van der Waals surface area contributed by atoms with Crippen LogP contribution in [0.3, 0.4) is 0 Å². The highest BCUT2D eigenvalue weighted by Crippen LogP contribution is 2.36. The van der Waals surface area contributed by atoms with Crippen molar-refractivity contribution < 1.29 is 4.39 Å². The van der Waals surface area contributed by atoms with Gasteiger partial charge in [0, 0.05) is 22.4 Å². The molecule has 20 heavy (non-hydrogen) atoms. The number of rotatable bonds is 3. The number of thiophene rings is 1. The Morgan fingerprint density at radius 2 is 2.25 bits per heavy atom. The predicted molar refractivity (Wildman–Crippen MR) is 80.4 cm³/mol. The summed E-state index contributed by atoms with van der Waals surface area (Å²) in [4.78, 5) is 3.03. The van der Waals surface area contributed by atoms with Crippen molar-refractivity contribution in [3.63, 3.8) is 0 Å². The van der Waals surface area contributed by atoms with Crippen LogP contribution in [0.1, 0.15) is 27.8 Å². The fourth-order valence-electron chi connectivity index (χ4n) is 2.33. The van der Waals surface area contributed by atoms with Gasteiger partial charge in [0.05, 0.1) is 0 Å². The molecular weight excluding hydrogens is 291 g/mol. The number of nitrogens with one attached hydrogen (secondary N) is 1. The summed E-state index contributed by atoms with van der Waals surface area (Å²) in [6, 6.07) is 11.2. The molecule has 2 aromatic rings. The quantitative estimate of drug-likeness (QED) is 0.928. The third-order valence-electron chi connectivity index (χ3n) is 3.31. The van der Waals surface area contributed by atoms with E-state index in [0.717, 1.165) is 34.0 Å². The van der Waals surface area contributed by atoms with Crippen LogP contribution < -0.4 is 5.32 Å². The molecule has 1 aliphatic rings. The second-order valence-corrected chi connectivity index (χ2v) is 6.94. The van der Waals surface area contributed by atoms with E-state index in [1.807, 2.05) is 18.2 Å². The molecule has 0 amide bonds. The monoisotopic (exact) mass is 304 g/mol. The lowest BCUT2D eigenvalue weighted by Crippen LogP contribution is -2.24. The van der Waals surface area contributed by atoms with E-state index in [0.29, 0.717) is 0 Å². The Bertz CT molecular complexity index is 660. The van der Waals surface area contributed by atoms with Gasteiger partial charge in [-0.1, -0.05) is 0 Å². The fourth-order valence-corrected chi connectivity index (χ4v) is 4.20. The van der Waals surface area contributed by atoms with Gasteiger partial charge in [0.15, 0.2) is 0 Å². The molecule has 0 spiro atoms. The molecule has 2 nitrogen and oxygen atoms in total. The van der Waals surface area contributed by atoms with Crippen molar-refractivity contribution in [3.8, 4) is 6.07 Å². The Morgan fingerprint density at radius 3 is 3.05 bits per heavy atom. The maximum Gasteiger partial charge on any atom is 0.123 e. The number of nitriles is 1. The van der Waals surface area contributed by atoms with Crippen LogP contribution in [0, 0.1) is 17.1 Å². The van der Waals surface area contributed by atoms with E-state index < -0.39 is 0 Å². The van der Waals surface area contributed by atoms with E-state index in [2.05, 4.69) is 11.4 Å². The average molecular weight is 304 g/mol. The summed E-state index contributed by atoms with van der Waals surface area (Å²) in [7, 11) is 0. The smallest absolute Gasteiger partial charge is 0.123 e. The molecule has 1 aromatic heterocycles. The lowest BCUT2D eigenvalue weighted by atomic mass is 10.0. The van der Waals surface area contributed by atoms with Crippen LogP contribution in [0.4, 0.5) is 4.39 Å². The third-order valence-corrected chi connectivity index (χ3v) is 5.42. The largest absolute Gasteiger partial charge is 0.305 e. The van der Waals surface area contributed by atoms with Crippen LogP contribution in [-0.4, -0.2) is 5.75 Å². The summed E-state index contributed by atoms with van der Waals surface area (Å²) >= 11 is 3.29. The summed E-state index contributed by atoms with van der Waals surface area (Å²) in [5, 5.41) is 12.3. The Kier molecular flexibility index (Phi) is 4.06. The minimum atomic E-state index is -0.180. The summed E-state index contributed by atoms with van der Waals surface area (Å²) in [5.74, 6) is 0.866. The Hall–Kier alpha value is -1.35. The van der Waals surface area contributed by atoms with Crippen molar-refractivity contribution in [2.75, 3.05) is 5.75 Å². The Balaban J connectivity index is 1.73. The number of hydrogen-bond donors (Lipinski definition) is 1. The van der Waals surface area contributed by atoms with Crippen molar-refractivity contribution in [2.45, 2.75) is 23.9 Å². The Morgan fingerprint density at radius 1 is 1.35 bits per heavy atom. The number of benzene rings is 1. The van der Waals surface area contributed by atoms with Gasteiger partial charge in [-0.3, -0.25) is 0 Å². The van der Waals surface area contributed by atoms with Gasteiger partial charge in [0.1, 0.15) is 16.8 Å². The average Bonchev–Trinajstić information content (AvgIpc) is 2.93. The summed E-state index contributed by atoms with van der Waals surface area (Å²) in [5.41, 5.74) is 1.05. The first kappa shape index (κ1) is 13.6. The van der Waals surface area contributed by atoms with Crippen LogP contribution in [0.2, 0.25) is 0 Å². The van der Waals surface area contributed by atoms with E-state index in [1.54, 1.807) is 17.8 Å². The molecule has 0 saturated carbocycles. The molecule has 0 fully saturated rings. The first-order valence-corrected chi connectivity index (χ1v) is 8.21. The van der Waals surface area contributed by atoms with Crippen molar-refractivity contribution >= 4 is 23.1 Å². The number of fused-ring (bicyclic) bond motifs is 1. The van der Waals surface area contributed by atoms with Gasteiger partial charge in [0.25, 0.3) is 0 Å². The lowest BCUT2D eigenvalue weighted by Gasteiger charge is -2.26. The van der Waals surface area contributed by atoms with Gasteiger partial charge in [-0.15, -0.1) is 23.1 Å². The summed E-state index contributed by atoms with van der Waals surface area (Å²) in [6.07, 6.45) is 0.998.